The van der Waals surface area contributed by atoms with Crippen molar-refractivity contribution in [2.75, 3.05) is 6.54 Å². The summed E-state index contributed by atoms with van der Waals surface area (Å²) in [6, 6.07) is 7.69. The Bertz CT molecular complexity index is 376. The van der Waals surface area contributed by atoms with Crippen LogP contribution < -0.4 is 10.5 Å². The lowest BCUT2D eigenvalue weighted by Gasteiger charge is -2.27. The highest BCUT2D eigenvalue weighted by atomic mass is 16.5. The van der Waals surface area contributed by atoms with Crippen molar-refractivity contribution in [3.8, 4) is 5.75 Å². The fraction of sp³-hybridized carbons (Fsp3) is 0.571. The highest BCUT2D eigenvalue weighted by molar-refractivity contribution is 5.33. The number of aliphatic hydroxyl groups is 1. The molecule has 1 aromatic carbocycles. The predicted molar refractivity (Wildman–Crippen MR) is 68.0 cm³/mol. The molecule has 0 spiro atoms. The summed E-state index contributed by atoms with van der Waals surface area (Å²) in [6.07, 6.45) is 4.24. The summed E-state index contributed by atoms with van der Waals surface area (Å²) in [4.78, 5) is 0. The third-order valence-corrected chi connectivity index (χ3v) is 3.20. The molecule has 1 fully saturated rings. The minimum Gasteiger partial charge on any atom is -0.490 e. The number of rotatable bonds is 6. The number of ether oxygens (including phenoxy) is 1. The maximum atomic E-state index is 10.5. The van der Waals surface area contributed by atoms with Gasteiger partial charge in [0, 0.05) is 6.54 Å². The molecule has 1 aliphatic carbocycles. The Hall–Kier alpha value is -1.06. The molecule has 0 amide bonds. The molecular weight excluding hydrogens is 214 g/mol. The van der Waals surface area contributed by atoms with E-state index in [2.05, 4.69) is 0 Å². The van der Waals surface area contributed by atoms with Gasteiger partial charge in [-0.25, -0.2) is 0 Å². The van der Waals surface area contributed by atoms with Gasteiger partial charge in [0.25, 0.3) is 0 Å². The van der Waals surface area contributed by atoms with Gasteiger partial charge < -0.3 is 15.6 Å². The van der Waals surface area contributed by atoms with Crippen LogP contribution in [0.15, 0.2) is 24.3 Å². The quantitative estimate of drug-likeness (QED) is 0.794. The smallest absolute Gasteiger partial charge is 0.120 e. The van der Waals surface area contributed by atoms with Crippen LogP contribution in [0.3, 0.4) is 0 Å². The van der Waals surface area contributed by atoms with Crippen molar-refractivity contribution in [3.63, 3.8) is 0 Å². The van der Waals surface area contributed by atoms with Gasteiger partial charge in [0.05, 0.1) is 6.10 Å². The molecule has 3 N–H and O–H groups in total. The zero-order valence-corrected chi connectivity index (χ0v) is 10.4. The van der Waals surface area contributed by atoms with Crippen LogP contribution in [0.25, 0.3) is 0 Å². The second-order valence-corrected chi connectivity index (χ2v) is 4.83. The number of hydrogen-bond acceptors (Lipinski definition) is 3. The lowest BCUT2D eigenvalue weighted by atomic mass is 9.89. The average molecular weight is 235 g/mol. The predicted octanol–water partition coefficient (Wildman–Crippen LogP) is 2.17. The molecule has 17 heavy (non-hydrogen) atoms. The maximum absolute atomic E-state index is 10.5. The molecule has 1 atom stereocenters. The van der Waals surface area contributed by atoms with E-state index in [0.29, 0.717) is 12.5 Å². The summed E-state index contributed by atoms with van der Waals surface area (Å²) in [7, 11) is 0. The number of hydrogen-bond donors (Lipinski definition) is 2. The average Bonchev–Trinajstić information content (AvgIpc) is 3.13. The fourth-order valence-corrected chi connectivity index (χ4v) is 2.02. The van der Waals surface area contributed by atoms with E-state index in [1.54, 1.807) is 0 Å². The zero-order chi connectivity index (χ0) is 12.3. The normalized spacial score (nSPS) is 18.8. The van der Waals surface area contributed by atoms with Gasteiger partial charge in [0.1, 0.15) is 11.4 Å². The first-order valence-corrected chi connectivity index (χ1v) is 6.37. The Balaban J connectivity index is 2.17. The highest BCUT2D eigenvalue weighted by Crippen LogP contribution is 2.31. The molecular formula is C14H21NO2. The van der Waals surface area contributed by atoms with Gasteiger partial charge in [-0.05, 0) is 37.0 Å². The van der Waals surface area contributed by atoms with Gasteiger partial charge in [0.15, 0.2) is 0 Å². The van der Waals surface area contributed by atoms with Crippen molar-refractivity contribution >= 4 is 0 Å². The monoisotopic (exact) mass is 235 g/mol. The van der Waals surface area contributed by atoms with Crippen LogP contribution in [0.5, 0.6) is 5.75 Å². The van der Waals surface area contributed by atoms with Gasteiger partial charge in [0.2, 0.25) is 0 Å². The van der Waals surface area contributed by atoms with Gasteiger partial charge in [-0.1, -0.05) is 25.5 Å². The Kier molecular flexibility index (Phi) is 3.69. The molecule has 0 radical (unpaired) electrons. The molecule has 0 bridgehead atoms. The maximum Gasteiger partial charge on any atom is 0.120 e. The molecule has 3 nitrogen and oxygen atoms in total. The standard InChI is InChI=1S/C14H21NO2/c1-2-8-14(16,10-15)11-4-3-5-13(9-11)17-12-6-7-12/h3-5,9,12,16H,2,6-8,10,15H2,1H3. The first-order valence-electron chi connectivity index (χ1n) is 6.37. The third kappa shape index (κ3) is 2.99. The summed E-state index contributed by atoms with van der Waals surface area (Å²) in [5.41, 5.74) is 5.64. The van der Waals surface area contributed by atoms with E-state index in [0.717, 1.165) is 30.6 Å². The Morgan fingerprint density at radius 2 is 2.24 bits per heavy atom. The summed E-state index contributed by atoms with van der Waals surface area (Å²) in [5.74, 6) is 0.841. The second kappa shape index (κ2) is 5.07. The van der Waals surface area contributed by atoms with Crippen molar-refractivity contribution in [1.29, 1.82) is 0 Å². The Morgan fingerprint density at radius 3 is 2.82 bits per heavy atom. The van der Waals surface area contributed by atoms with Crippen molar-refractivity contribution in [3.05, 3.63) is 29.8 Å². The summed E-state index contributed by atoms with van der Waals surface area (Å²) in [6.45, 7) is 2.29. The first kappa shape index (κ1) is 12.4. The zero-order valence-electron chi connectivity index (χ0n) is 10.4. The topological polar surface area (TPSA) is 55.5 Å². The van der Waals surface area contributed by atoms with Gasteiger partial charge >= 0.3 is 0 Å². The van der Waals surface area contributed by atoms with Crippen LogP contribution in [0.4, 0.5) is 0 Å². The molecule has 1 aliphatic rings. The number of nitrogens with two attached hydrogens (primary N) is 1. The van der Waals surface area contributed by atoms with Crippen molar-refractivity contribution < 1.29 is 9.84 Å². The molecule has 1 aromatic rings. The van der Waals surface area contributed by atoms with Crippen LogP contribution >= 0.6 is 0 Å². The molecule has 1 saturated carbocycles. The van der Waals surface area contributed by atoms with Crippen LogP contribution in [0.2, 0.25) is 0 Å². The molecule has 1 unspecified atom stereocenters. The first-order chi connectivity index (χ1) is 8.18. The molecule has 0 saturated heterocycles. The summed E-state index contributed by atoms with van der Waals surface area (Å²) in [5, 5.41) is 10.5. The molecule has 2 rings (SSSR count). The lowest BCUT2D eigenvalue weighted by molar-refractivity contribution is 0.0356. The molecule has 0 heterocycles. The fourth-order valence-electron chi connectivity index (χ4n) is 2.02. The van der Waals surface area contributed by atoms with Crippen LogP contribution in [0, 0.1) is 0 Å². The van der Waals surface area contributed by atoms with E-state index >= 15 is 0 Å². The SMILES string of the molecule is CCCC(O)(CN)c1cccc(OC2CC2)c1. The summed E-state index contributed by atoms with van der Waals surface area (Å²) >= 11 is 0. The van der Waals surface area contributed by atoms with Gasteiger partial charge in [-0.15, -0.1) is 0 Å². The summed E-state index contributed by atoms with van der Waals surface area (Å²) < 4.78 is 5.73. The van der Waals surface area contributed by atoms with Crippen LogP contribution in [0.1, 0.15) is 38.2 Å². The molecule has 94 valence electrons. The Morgan fingerprint density at radius 1 is 1.47 bits per heavy atom. The highest BCUT2D eigenvalue weighted by Gasteiger charge is 2.28. The minimum atomic E-state index is -0.919. The van der Waals surface area contributed by atoms with E-state index in [1.165, 1.54) is 0 Å². The molecule has 0 aliphatic heterocycles. The lowest BCUT2D eigenvalue weighted by Crippen LogP contribution is -2.34. The largest absolute Gasteiger partial charge is 0.490 e. The minimum absolute atomic E-state index is 0.244. The van der Waals surface area contributed by atoms with E-state index in [-0.39, 0.29) is 6.54 Å². The van der Waals surface area contributed by atoms with E-state index in [1.807, 2.05) is 31.2 Å². The van der Waals surface area contributed by atoms with Gasteiger partial charge in [-0.3, -0.25) is 0 Å². The van der Waals surface area contributed by atoms with Gasteiger partial charge in [-0.2, -0.15) is 0 Å². The van der Waals surface area contributed by atoms with E-state index in [9.17, 15) is 5.11 Å². The van der Waals surface area contributed by atoms with Crippen molar-refractivity contribution in [1.82, 2.24) is 0 Å². The Labute approximate surface area is 103 Å². The number of benzene rings is 1. The molecule has 3 heteroatoms. The molecule has 0 aromatic heterocycles. The van der Waals surface area contributed by atoms with Crippen molar-refractivity contribution in [2.24, 2.45) is 5.73 Å². The van der Waals surface area contributed by atoms with E-state index < -0.39 is 5.60 Å². The van der Waals surface area contributed by atoms with E-state index in [4.69, 9.17) is 10.5 Å². The van der Waals surface area contributed by atoms with Crippen molar-refractivity contribution in [2.45, 2.75) is 44.3 Å². The van der Waals surface area contributed by atoms with Crippen LogP contribution in [-0.4, -0.2) is 17.8 Å². The second-order valence-electron chi connectivity index (χ2n) is 4.83. The third-order valence-electron chi connectivity index (χ3n) is 3.20. The van der Waals surface area contributed by atoms with Crippen LogP contribution in [-0.2, 0) is 5.60 Å².